The molecule has 0 saturated heterocycles. The highest BCUT2D eigenvalue weighted by Crippen LogP contribution is 2.40. The first-order valence-corrected chi connectivity index (χ1v) is 24.4. The van der Waals surface area contributed by atoms with Crippen LogP contribution in [-0.2, 0) is 9.59 Å². The third kappa shape index (κ3) is 14.2. The molecule has 0 aliphatic rings. The second-order valence-corrected chi connectivity index (χ2v) is 19.6. The number of hydrogen-bond donors (Lipinski definition) is 13. The van der Waals surface area contributed by atoms with Gasteiger partial charge in [0.2, 0.25) is 11.8 Å². The maximum atomic E-state index is 13.7. The van der Waals surface area contributed by atoms with Gasteiger partial charge in [-0.2, -0.15) is 0 Å². The normalized spacial score (nSPS) is 11.5. The van der Waals surface area contributed by atoms with E-state index in [9.17, 15) is 74.7 Å². The molecule has 62 heavy (non-hydrogen) atoms. The van der Waals surface area contributed by atoms with Crippen molar-refractivity contribution in [2.24, 2.45) is 0 Å². The van der Waals surface area contributed by atoms with Crippen LogP contribution >= 0.6 is 136 Å². The number of benzene rings is 2. The van der Waals surface area contributed by atoms with Crippen LogP contribution in [0.15, 0.2) is 0 Å². The minimum absolute atomic E-state index is 0.0436. The maximum Gasteiger partial charge on any atom is 0.253 e. The number of carbonyl (C=O) groups excluding carboxylic acids is 6. The Hall–Kier alpha value is -0.720. The third-order valence-corrected chi connectivity index (χ3v) is 15.0. The van der Waals surface area contributed by atoms with E-state index in [1.54, 1.807) is 136 Å². The van der Waals surface area contributed by atoms with Crippen LogP contribution in [0, 0.1) is 21.4 Å². The van der Waals surface area contributed by atoms with E-state index in [1.807, 2.05) is 0 Å². The van der Waals surface area contributed by atoms with Crippen molar-refractivity contribution in [3.63, 3.8) is 0 Å². The number of nitrogens with one attached hydrogen (secondary N) is 4. The molecule has 2 aromatic rings. The summed E-state index contributed by atoms with van der Waals surface area (Å²) in [5.74, 6) is -4.85. The van der Waals surface area contributed by atoms with E-state index >= 15 is 0 Å². The van der Waals surface area contributed by atoms with E-state index in [2.05, 4.69) is 21.3 Å². The van der Waals surface area contributed by atoms with Gasteiger partial charge in [0.15, 0.2) is 0 Å². The molecule has 0 spiro atoms. The minimum atomic E-state index is -1.65. The van der Waals surface area contributed by atoms with Crippen LogP contribution in [-0.4, -0.2) is 178 Å². The van der Waals surface area contributed by atoms with Crippen LogP contribution in [0.25, 0.3) is 0 Å². The van der Waals surface area contributed by atoms with Gasteiger partial charge >= 0.3 is 0 Å². The smallest absolute Gasteiger partial charge is 0.253 e. The van der Waals surface area contributed by atoms with Gasteiger partial charge < -0.3 is 77.0 Å². The first-order valence-electron chi connectivity index (χ1n) is 17.9. The predicted octanol–water partition coefficient (Wildman–Crippen LogP) is -1.59. The van der Waals surface area contributed by atoms with Crippen molar-refractivity contribution in [1.29, 1.82) is 0 Å². The van der Waals surface area contributed by atoms with E-state index in [-0.39, 0.29) is 55.0 Å². The topological polar surface area (TPSA) is 339 Å². The van der Waals surface area contributed by atoms with Crippen LogP contribution in [0.2, 0.25) is 0 Å². The number of aliphatic hydroxyl groups excluding tert-OH is 9. The average molecular weight is 1550 g/mol. The van der Waals surface area contributed by atoms with Crippen molar-refractivity contribution in [2.45, 2.75) is 44.1 Å². The highest BCUT2D eigenvalue weighted by atomic mass is 127. The molecule has 0 unspecified atom stereocenters. The van der Waals surface area contributed by atoms with Crippen LogP contribution in [0.5, 0.6) is 0 Å². The first-order chi connectivity index (χ1) is 29.1. The summed E-state index contributed by atoms with van der Waals surface area (Å²) < 4.78 is 0.478. The Morgan fingerprint density at radius 3 is 0.774 bits per heavy atom. The molecule has 0 aromatic heterocycles. The largest absolute Gasteiger partial charge is 0.394 e. The molecular formula is C35H44I6N6O15. The fourth-order valence-corrected chi connectivity index (χ4v) is 14.9. The summed E-state index contributed by atoms with van der Waals surface area (Å²) in [6.45, 7) is -4.13. The Morgan fingerprint density at radius 1 is 0.419 bits per heavy atom. The van der Waals surface area contributed by atoms with Crippen molar-refractivity contribution in [2.75, 3.05) is 75.7 Å². The average Bonchev–Trinajstić information content (AvgIpc) is 3.21. The standard InChI is InChI=1S/C35H44I6N6O15/c1-13(56)46(30-26(38)20(32(59)42-15(5-48)6-49)24(36)21(27(30)39)33(60)43-16(7-50)8-51)3-19(58)4-47(14(2)57)31-28(40)22(34(61)44-17(9-52)10-53)25(37)23(29(31)41)35(62)45-18(11-54)12-55/h15-19,48-55,58H,3-12H2,1-2H3,(H,42,59)(H,43,60)(H,44,61)(H,45,62). The summed E-state index contributed by atoms with van der Waals surface area (Å²) in [6.07, 6.45) is -1.65. The maximum absolute atomic E-state index is 13.7. The van der Waals surface area contributed by atoms with Crippen molar-refractivity contribution in [3.8, 4) is 0 Å². The van der Waals surface area contributed by atoms with E-state index in [0.717, 1.165) is 23.6 Å². The summed E-state index contributed by atoms with van der Waals surface area (Å²) in [6, 6.07) is -4.47. The molecule has 0 aliphatic heterocycles. The molecule has 0 bridgehead atoms. The van der Waals surface area contributed by atoms with E-state index in [0.29, 0.717) is 0 Å². The number of amides is 6. The number of hydrogen-bond acceptors (Lipinski definition) is 15. The van der Waals surface area contributed by atoms with Gasteiger partial charge in [0.25, 0.3) is 23.6 Å². The molecule has 27 heteroatoms. The first kappa shape index (κ1) is 57.4. The predicted molar refractivity (Wildman–Crippen MR) is 273 cm³/mol. The lowest BCUT2D eigenvalue weighted by molar-refractivity contribution is -0.117. The second kappa shape index (κ2) is 27.2. The highest BCUT2D eigenvalue weighted by Gasteiger charge is 2.36. The Kier molecular flexibility index (Phi) is 25.2. The molecule has 13 N–H and O–H groups in total. The number of carbonyl (C=O) groups is 6. The number of halogens is 6. The Balaban J connectivity index is 2.91. The summed E-state index contributed by atoms with van der Waals surface area (Å²) in [7, 11) is 0. The summed E-state index contributed by atoms with van der Waals surface area (Å²) in [5.41, 5.74) is -0.742. The molecule has 0 heterocycles. The monoisotopic (exact) mass is 1550 g/mol. The van der Waals surface area contributed by atoms with Crippen LogP contribution in [0.4, 0.5) is 11.4 Å². The minimum Gasteiger partial charge on any atom is -0.394 e. The molecule has 0 aliphatic carbocycles. The van der Waals surface area contributed by atoms with Gasteiger partial charge in [-0.05, 0) is 136 Å². The Labute approximate surface area is 436 Å². The fraction of sp³-hybridized carbons (Fsp3) is 0.486. The van der Waals surface area contributed by atoms with Gasteiger partial charge in [0.05, 0.1) is 144 Å². The highest BCUT2D eigenvalue weighted by molar-refractivity contribution is 14.1. The summed E-state index contributed by atoms with van der Waals surface area (Å²) >= 11 is 10.5. The van der Waals surface area contributed by atoms with E-state index in [4.69, 9.17) is 0 Å². The van der Waals surface area contributed by atoms with Gasteiger partial charge in [-0.25, -0.2) is 0 Å². The zero-order valence-electron chi connectivity index (χ0n) is 32.6. The Morgan fingerprint density at radius 2 is 0.613 bits per heavy atom. The summed E-state index contributed by atoms with van der Waals surface area (Å²) in [4.78, 5) is 84.2. The molecule has 346 valence electrons. The number of aliphatic hydroxyl groups is 9. The van der Waals surface area contributed by atoms with Crippen LogP contribution in [0.1, 0.15) is 55.3 Å². The number of anilines is 2. The van der Waals surface area contributed by atoms with Crippen molar-refractivity contribution in [1.82, 2.24) is 21.3 Å². The molecule has 2 aromatic carbocycles. The van der Waals surface area contributed by atoms with Gasteiger partial charge in [-0.15, -0.1) is 0 Å². The van der Waals surface area contributed by atoms with E-state index < -0.39 is 132 Å². The molecule has 21 nitrogen and oxygen atoms in total. The fourth-order valence-electron chi connectivity index (χ4n) is 5.43. The van der Waals surface area contributed by atoms with Crippen molar-refractivity contribution < 1.29 is 74.7 Å². The number of rotatable bonds is 22. The van der Waals surface area contributed by atoms with Gasteiger partial charge in [-0.3, -0.25) is 28.8 Å². The summed E-state index contributed by atoms with van der Waals surface area (Å²) in [5, 5.41) is 99.0. The molecule has 0 radical (unpaired) electrons. The molecule has 6 amide bonds. The SMILES string of the molecule is CC(=O)N(CC(O)CN(C(C)=O)c1c(I)c(C(=O)NC(CO)CO)c(I)c(C(=O)NC(CO)CO)c1I)c1c(I)c(C(=O)NC(CO)CO)c(I)c(C(=O)NC(CO)CO)c1I. The molecule has 2 rings (SSSR count). The molecule has 0 fully saturated rings. The lowest BCUT2D eigenvalue weighted by atomic mass is 10.0. The Bertz CT molecular complexity index is 1740. The van der Waals surface area contributed by atoms with Crippen LogP contribution in [0.3, 0.4) is 0 Å². The van der Waals surface area contributed by atoms with Crippen molar-refractivity contribution >= 4 is 182 Å². The zero-order valence-corrected chi connectivity index (χ0v) is 45.5. The van der Waals surface area contributed by atoms with Gasteiger partial charge in [0.1, 0.15) is 0 Å². The van der Waals surface area contributed by atoms with Crippen LogP contribution < -0.4 is 31.1 Å². The lowest BCUT2D eigenvalue weighted by Crippen LogP contribution is -2.46. The van der Waals surface area contributed by atoms with Crippen molar-refractivity contribution in [3.05, 3.63) is 43.7 Å². The quantitative estimate of drug-likeness (QED) is 0.0592. The van der Waals surface area contributed by atoms with Gasteiger partial charge in [0, 0.05) is 21.0 Å². The molecular weight excluding hydrogens is 1510 g/mol. The van der Waals surface area contributed by atoms with Gasteiger partial charge in [-0.1, -0.05) is 0 Å². The second-order valence-electron chi connectivity index (χ2n) is 13.1. The van der Waals surface area contributed by atoms with E-state index in [1.165, 1.54) is 0 Å². The number of nitrogens with zero attached hydrogens (tertiary/aromatic N) is 2. The lowest BCUT2D eigenvalue weighted by Gasteiger charge is -2.32. The molecule has 0 saturated carbocycles. The molecule has 0 atom stereocenters. The zero-order chi connectivity index (χ0) is 47.3. The third-order valence-electron chi connectivity index (χ3n) is 8.69.